The van der Waals surface area contributed by atoms with Crippen LogP contribution in [0, 0.1) is 0 Å². The van der Waals surface area contributed by atoms with Crippen LogP contribution in [0.5, 0.6) is 0 Å². The Labute approximate surface area is 146 Å². The number of pyridine rings is 2. The zero-order chi connectivity index (χ0) is 15.6. The van der Waals surface area contributed by atoms with Gasteiger partial charge in [-0.25, -0.2) is 9.97 Å². The molecule has 3 rings (SSSR count). The van der Waals surface area contributed by atoms with Crippen LogP contribution >= 0.6 is 31.9 Å². The predicted octanol–water partition coefficient (Wildman–Crippen LogP) is 5.36. The molecule has 0 aliphatic rings. The highest BCUT2D eigenvalue weighted by atomic mass is 79.9. The lowest BCUT2D eigenvalue weighted by molar-refractivity contribution is 0.638. The molecule has 2 aromatic heterocycles. The van der Waals surface area contributed by atoms with E-state index in [1.165, 1.54) is 0 Å². The van der Waals surface area contributed by atoms with E-state index in [-0.39, 0.29) is 0 Å². The third-order valence-electron chi connectivity index (χ3n) is 3.81. The molecule has 22 heavy (non-hydrogen) atoms. The highest BCUT2D eigenvalue weighted by Crippen LogP contribution is 2.37. The Morgan fingerprint density at radius 2 is 1.18 bits per heavy atom. The normalized spacial score (nSPS) is 11.4. The van der Waals surface area contributed by atoms with E-state index >= 15 is 0 Å². The van der Waals surface area contributed by atoms with Gasteiger partial charge in [0.15, 0.2) is 0 Å². The molecule has 4 heteroatoms. The standard InChI is InChI=1S/C18H14Br2N2/c1-18(13-7-3-2-4-8-13,14-9-5-11-16(19)21-14)15-10-6-12-17(20)22-15/h2-12H,1H3. The summed E-state index contributed by atoms with van der Waals surface area (Å²) in [5, 5.41) is 0. The lowest BCUT2D eigenvalue weighted by Crippen LogP contribution is -2.28. The number of rotatable bonds is 3. The molecule has 0 saturated heterocycles. The van der Waals surface area contributed by atoms with Crippen LogP contribution in [-0.2, 0) is 5.41 Å². The molecule has 0 radical (unpaired) electrons. The smallest absolute Gasteiger partial charge is 0.106 e. The third kappa shape index (κ3) is 2.85. The summed E-state index contributed by atoms with van der Waals surface area (Å²) < 4.78 is 1.64. The van der Waals surface area contributed by atoms with Gasteiger partial charge < -0.3 is 0 Å². The molecule has 0 bridgehead atoms. The van der Waals surface area contributed by atoms with Crippen molar-refractivity contribution < 1.29 is 0 Å². The maximum Gasteiger partial charge on any atom is 0.106 e. The second-order valence-electron chi connectivity index (χ2n) is 5.18. The molecular formula is C18H14Br2N2. The summed E-state index contributed by atoms with van der Waals surface area (Å²) in [6, 6.07) is 22.3. The number of nitrogens with zero attached hydrogens (tertiary/aromatic N) is 2. The molecule has 0 amide bonds. The van der Waals surface area contributed by atoms with Gasteiger partial charge in [-0.2, -0.15) is 0 Å². The van der Waals surface area contributed by atoms with Gasteiger partial charge in [0.25, 0.3) is 0 Å². The Morgan fingerprint density at radius 1 is 0.682 bits per heavy atom. The largest absolute Gasteiger partial charge is 0.245 e. The lowest BCUT2D eigenvalue weighted by atomic mass is 9.76. The Kier molecular flexibility index (Phi) is 4.41. The number of benzene rings is 1. The van der Waals surface area contributed by atoms with Crippen LogP contribution in [-0.4, -0.2) is 9.97 Å². The Bertz CT molecular complexity index is 742. The Morgan fingerprint density at radius 3 is 1.64 bits per heavy atom. The molecule has 0 N–H and O–H groups in total. The first-order valence-corrected chi connectivity index (χ1v) is 8.51. The summed E-state index contributed by atoms with van der Waals surface area (Å²) in [6.45, 7) is 2.16. The average Bonchev–Trinajstić information content (AvgIpc) is 2.55. The topological polar surface area (TPSA) is 25.8 Å². The molecule has 2 nitrogen and oxygen atoms in total. The summed E-state index contributed by atoms with van der Waals surface area (Å²) in [4.78, 5) is 9.38. The Balaban J connectivity index is 2.27. The van der Waals surface area contributed by atoms with Gasteiger partial charge in [-0.15, -0.1) is 0 Å². The monoisotopic (exact) mass is 416 g/mol. The van der Waals surface area contributed by atoms with E-state index in [1.807, 2.05) is 54.6 Å². The Hall–Kier alpha value is -1.52. The molecule has 2 heterocycles. The van der Waals surface area contributed by atoms with Crippen LogP contribution in [0.25, 0.3) is 0 Å². The molecule has 3 aromatic rings. The van der Waals surface area contributed by atoms with Crippen molar-refractivity contribution in [3.63, 3.8) is 0 Å². The van der Waals surface area contributed by atoms with Gasteiger partial charge in [0.1, 0.15) is 9.21 Å². The van der Waals surface area contributed by atoms with Gasteiger partial charge in [-0.3, -0.25) is 0 Å². The van der Waals surface area contributed by atoms with Crippen molar-refractivity contribution in [1.29, 1.82) is 0 Å². The van der Waals surface area contributed by atoms with Gasteiger partial charge in [-0.1, -0.05) is 42.5 Å². The van der Waals surface area contributed by atoms with Crippen molar-refractivity contribution in [2.24, 2.45) is 0 Å². The van der Waals surface area contributed by atoms with E-state index < -0.39 is 5.41 Å². The summed E-state index contributed by atoms with van der Waals surface area (Å²) in [7, 11) is 0. The highest BCUT2D eigenvalue weighted by Gasteiger charge is 2.34. The zero-order valence-electron chi connectivity index (χ0n) is 12.0. The van der Waals surface area contributed by atoms with Gasteiger partial charge in [0.2, 0.25) is 0 Å². The molecule has 0 saturated carbocycles. The number of hydrogen-bond acceptors (Lipinski definition) is 2. The second-order valence-corrected chi connectivity index (χ2v) is 6.81. The molecule has 0 aliphatic carbocycles. The lowest BCUT2D eigenvalue weighted by Gasteiger charge is -2.29. The van der Waals surface area contributed by atoms with E-state index in [9.17, 15) is 0 Å². The zero-order valence-corrected chi connectivity index (χ0v) is 15.2. The molecule has 110 valence electrons. The summed E-state index contributed by atoms with van der Waals surface area (Å²) in [5.74, 6) is 0. The molecule has 0 spiro atoms. The first kappa shape index (κ1) is 15.4. The molecule has 1 aromatic carbocycles. The van der Waals surface area contributed by atoms with E-state index in [1.54, 1.807) is 0 Å². The van der Waals surface area contributed by atoms with Crippen LogP contribution in [0.4, 0.5) is 0 Å². The van der Waals surface area contributed by atoms with Crippen molar-refractivity contribution in [3.05, 3.63) is 92.9 Å². The molecular weight excluding hydrogens is 404 g/mol. The quantitative estimate of drug-likeness (QED) is 0.536. The van der Waals surface area contributed by atoms with Crippen molar-refractivity contribution in [2.75, 3.05) is 0 Å². The third-order valence-corrected chi connectivity index (χ3v) is 4.69. The minimum absolute atomic E-state index is 0.422. The van der Waals surface area contributed by atoms with Crippen molar-refractivity contribution in [1.82, 2.24) is 9.97 Å². The number of hydrogen-bond donors (Lipinski definition) is 0. The second kappa shape index (κ2) is 6.31. The summed E-state index contributed by atoms with van der Waals surface area (Å²) in [5.41, 5.74) is 2.65. The first-order chi connectivity index (χ1) is 10.6. The molecule has 0 fully saturated rings. The predicted molar refractivity (Wildman–Crippen MR) is 95.9 cm³/mol. The maximum absolute atomic E-state index is 4.69. The van der Waals surface area contributed by atoms with Crippen molar-refractivity contribution >= 4 is 31.9 Å². The number of halogens is 2. The number of aromatic nitrogens is 2. The minimum atomic E-state index is -0.422. The van der Waals surface area contributed by atoms with Crippen LogP contribution in [0.15, 0.2) is 75.9 Å². The van der Waals surface area contributed by atoms with Gasteiger partial charge in [0.05, 0.1) is 16.8 Å². The maximum atomic E-state index is 4.69. The van der Waals surface area contributed by atoms with Crippen molar-refractivity contribution in [3.8, 4) is 0 Å². The summed E-state index contributed by atoms with van der Waals surface area (Å²) >= 11 is 6.95. The minimum Gasteiger partial charge on any atom is -0.245 e. The van der Waals surface area contributed by atoms with Crippen LogP contribution in [0.3, 0.4) is 0 Å². The van der Waals surface area contributed by atoms with Gasteiger partial charge in [-0.05, 0) is 68.6 Å². The van der Waals surface area contributed by atoms with E-state index in [0.717, 1.165) is 26.2 Å². The SMILES string of the molecule is CC(c1ccccc1)(c1cccc(Br)n1)c1cccc(Br)n1. The summed E-state index contributed by atoms with van der Waals surface area (Å²) in [6.07, 6.45) is 0. The highest BCUT2D eigenvalue weighted by molar-refractivity contribution is 9.10. The van der Waals surface area contributed by atoms with Crippen LogP contribution in [0.1, 0.15) is 23.9 Å². The van der Waals surface area contributed by atoms with Crippen molar-refractivity contribution in [2.45, 2.75) is 12.3 Å². The van der Waals surface area contributed by atoms with Gasteiger partial charge in [0, 0.05) is 0 Å². The molecule has 0 atom stereocenters. The van der Waals surface area contributed by atoms with Crippen LogP contribution in [0.2, 0.25) is 0 Å². The fourth-order valence-corrected chi connectivity index (χ4v) is 3.26. The fourth-order valence-electron chi connectivity index (χ4n) is 2.57. The van der Waals surface area contributed by atoms with E-state index in [2.05, 4.69) is 60.9 Å². The van der Waals surface area contributed by atoms with E-state index in [4.69, 9.17) is 0 Å². The molecule has 0 unspecified atom stereocenters. The fraction of sp³-hybridized carbons (Fsp3) is 0.111. The average molecular weight is 418 g/mol. The first-order valence-electron chi connectivity index (χ1n) is 6.92. The van der Waals surface area contributed by atoms with Crippen LogP contribution < -0.4 is 0 Å². The van der Waals surface area contributed by atoms with E-state index in [0.29, 0.717) is 0 Å². The molecule has 0 aliphatic heterocycles. The van der Waals surface area contributed by atoms with Gasteiger partial charge >= 0.3 is 0 Å².